The molecule has 3 heterocycles. The number of fused-ring (bicyclic) bond motifs is 1. The predicted octanol–water partition coefficient (Wildman–Crippen LogP) is 4.00. The summed E-state index contributed by atoms with van der Waals surface area (Å²) in [6, 6.07) is 7.04. The van der Waals surface area contributed by atoms with Crippen LogP contribution in [0.1, 0.15) is 46.0 Å². The molecule has 10 heteroatoms. The molecule has 0 radical (unpaired) electrons. The van der Waals surface area contributed by atoms with E-state index in [1.165, 1.54) is 0 Å². The summed E-state index contributed by atoms with van der Waals surface area (Å²) in [4.78, 5) is 49.8. The van der Waals surface area contributed by atoms with Gasteiger partial charge in [0.2, 0.25) is 11.8 Å². The molecule has 3 fully saturated rings. The number of rotatable bonds is 16. The molecule has 3 saturated heterocycles. The summed E-state index contributed by atoms with van der Waals surface area (Å²) in [6.45, 7) is 14.8. The SMILES string of the molecule is C=CCN(C)C(=O)[C@H]1[C@@H]2OC3(CC2Br)C(C(=O)N(CC=C)c2ccc(N(CC)CC)cc2)N(CCCCCCO)C(=O)[C@H]13. The Morgan fingerprint density at radius 3 is 2.28 bits per heavy atom. The maximum absolute atomic E-state index is 14.7. The van der Waals surface area contributed by atoms with Crippen molar-refractivity contribution < 1.29 is 24.2 Å². The average Bonchev–Trinajstić information content (AvgIpc) is 3.59. The van der Waals surface area contributed by atoms with Crippen molar-refractivity contribution in [3.63, 3.8) is 0 Å². The lowest BCUT2D eigenvalue weighted by Crippen LogP contribution is -2.57. The van der Waals surface area contributed by atoms with Crippen LogP contribution in [0.4, 0.5) is 11.4 Å². The van der Waals surface area contributed by atoms with Crippen LogP contribution >= 0.6 is 15.9 Å². The van der Waals surface area contributed by atoms with E-state index in [1.807, 2.05) is 24.3 Å². The van der Waals surface area contributed by atoms with E-state index in [9.17, 15) is 19.5 Å². The number of likely N-dealkylation sites (N-methyl/N-ethyl adjacent to an activating group) is 1. The van der Waals surface area contributed by atoms with E-state index in [0.717, 1.165) is 37.3 Å². The number of aliphatic hydroxyl groups excluding tert-OH is 1. The standard InChI is InChI=1S/C33H47BrN4O5/c1-6-18-35(5)30(40)26-27-31(41)38(20-12-10-11-13-21-39)29(33(27)22-25(34)28(26)43-33)32(42)37(19-7-2)24-16-14-23(15-17-24)36(8-3)9-4/h6-7,14-17,25-29,39H,1-2,8-13,18-22H2,3-5H3/t25?,26-,27+,28-,29?,33?/m1/s1. The van der Waals surface area contributed by atoms with E-state index in [0.29, 0.717) is 32.4 Å². The number of hydrogen-bond acceptors (Lipinski definition) is 6. The van der Waals surface area contributed by atoms with Gasteiger partial charge in [0.15, 0.2) is 0 Å². The first-order chi connectivity index (χ1) is 20.7. The van der Waals surface area contributed by atoms with Crippen molar-refractivity contribution in [2.75, 3.05) is 56.2 Å². The minimum absolute atomic E-state index is 0.127. The molecule has 1 aromatic carbocycles. The highest BCUT2D eigenvalue weighted by Gasteiger charge is 2.76. The van der Waals surface area contributed by atoms with Gasteiger partial charge in [-0.05, 0) is 57.4 Å². The number of amides is 3. The highest BCUT2D eigenvalue weighted by molar-refractivity contribution is 9.09. The molecule has 3 unspecified atom stereocenters. The van der Waals surface area contributed by atoms with Crippen LogP contribution in [0, 0.1) is 11.8 Å². The Hall–Kier alpha value is -2.69. The van der Waals surface area contributed by atoms with Crippen molar-refractivity contribution in [2.45, 2.75) is 68.5 Å². The molecule has 43 heavy (non-hydrogen) atoms. The van der Waals surface area contributed by atoms with Gasteiger partial charge in [-0.25, -0.2) is 0 Å². The first-order valence-corrected chi connectivity index (χ1v) is 16.5. The van der Waals surface area contributed by atoms with Crippen LogP contribution in [0.5, 0.6) is 0 Å². The van der Waals surface area contributed by atoms with Gasteiger partial charge in [0.05, 0.1) is 17.9 Å². The molecule has 0 aromatic heterocycles. The lowest BCUT2D eigenvalue weighted by molar-refractivity contribution is -0.144. The summed E-state index contributed by atoms with van der Waals surface area (Å²) >= 11 is 3.75. The van der Waals surface area contributed by atoms with E-state index in [4.69, 9.17) is 4.74 Å². The van der Waals surface area contributed by atoms with Gasteiger partial charge in [0.25, 0.3) is 5.91 Å². The van der Waals surface area contributed by atoms with Gasteiger partial charge in [-0.15, -0.1) is 13.2 Å². The number of hydrogen-bond donors (Lipinski definition) is 1. The van der Waals surface area contributed by atoms with Crippen molar-refractivity contribution in [2.24, 2.45) is 11.8 Å². The third-order valence-corrected chi connectivity index (χ3v) is 10.1. The highest BCUT2D eigenvalue weighted by Crippen LogP contribution is 2.60. The van der Waals surface area contributed by atoms with E-state index >= 15 is 0 Å². The molecule has 1 aromatic rings. The largest absolute Gasteiger partial charge is 0.396 e. The number of carbonyl (C=O) groups is 3. The molecule has 3 aliphatic rings. The summed E-state index contributed by atoms with van der Waals surface area (Å²) in [7, 11) is 1.71. The summed E-state index contributed by atoms with van der Waals surface area (Å²) in [6.07, 6.45) is 6.35. The first-order valence-electron chi connectivity index (χ1n) is 15.6. The van der Waals surface area contributed by atoms with Crippen LogP contribution in [-0.4, -0.2) is 102 Å². The number of benzene rings is 1. The topological polar surface area (TPSA) is 93.6 Å². The average molecular weight is 660 g/mol. The molecule has 4 rings (SSSR count). The van der Waals surface area contributed by atoms with Crippen molar-refractivity contribution in [1.29, 1.82) is 0 Å². The number of anilines is 2. The summed E-state index contributed by atoms with van der Waals surface area (Å²) in [5.41, 5.74) is 0.676. The highest BCUT2D eigenvalue weighted by atomic mass is 79.9. The van der Waals surface area contributed by atoms with Crippen molar-refractivity contribution in [3.05, 3.63) is 49.6 Å². The lowest BCUT2D eigenvalue weighted by Gasteiger charge is -2.37. The number of aliphatic hydroxyl groups is 1. The van der Waals surface area contributed by atoms with Gasteiger partial charge in [-0.2, -0.15) is 0 Å². The zero-order valence-corrected chi connectivity index (χ0v) is 27.4. The minimum atomic E-state index is -1.12. The molecule has 0 saturated carbocycles. The quantitative estimate of drug-likeness (QED) is 0.164. The molecule has 2 bridgehead atoms. The maximum atomic E-state index is 14.7. The fourth-order valence-corrected chi connectivity index (χ4v) is 8.19. The van der Waals surface area contributed by atoms with Crippen molar-refractivity contribution >= 4 is 45.0 Å². The Morgan fingerprint density at radius 1 is 1.05 bits per heavy atom. The van der Waals surface area contributed by atoms with E-state index in [-0.39, 0.29) is 35.7 Å². The minimum Gasteiger partial charge on any atom is -0.396 e. The number of unbranched alkanes of at least 4 members (excludes halogenated alkanes) is 3. The molecular formula is C33H47BrN4O5. The van der Waals surface area contributed by atoms with Crippen LogP contribution in [-0.2, 0) is 19.1 Å². The zero-order valence-electron chi connectivity index (χ0n) is 25.8. The van der Waals surface area contributed by atoms with Gasteiger partial charge in [0, 0.05) is 62.6 Å². The van der Waals surface area contributed by atoms with Crippen LogP contribution in [0.25, 0.3) is 0 Å². The van der Waals surface area contributed by atoms with E-state index in [2.05, 4.69) is 47.8 Å². The van der Waals surface area contributed by atoms with E-state index < -0.39 is 29.6 Å². The third-order valence-electron chi connectivity index (χ3n) is 9.26. The molecule has 1 N–H and O–H groups in total. The Bertz CT molecular complexity index is 1170. The van der Waals surface area contributed by atoms with Crippen molar-refractivity contribution in [1.82, 2.24) is 9.80 Å². The number of ether oxygens (including phenoxy) is 1. The molecule has 3 aliphatic heterocycles. The second-order valence-corrected chi connectivity index (χ2v) is 12.9. The smallest absolute Gasteiger partial charge is 0.253 e. The second kappa shape index (κ2) is 14.4. The normalized spacial score (nSPS) is 27.2. The van der Waals surface area contributed by atoms with Crippen LogP contribution in [0.15, 0.2) is 49.6 Å². The monoisotopic (exact) mass is 658 g/mol. The Morgan fingerprint density at radius 2 is 1.67 bits per heavy atom. The van der Waals surface area contributed by atoms with Crippen LogP contribution in [0.3, 0.4) is 0 Å². The third kappa shape index (κ3) is 6.15. The zero-order chi connectivity index (χ0) is 31.3. The fourth-order valence-electron chi connectivity index (χ4n) is 7.25. The van der Waals surface area contributed by atoms with Crippen molar-refractivity contribution in [3.8, 4) is 0 Å². The first kappa shape index (κ1) is 33.2. The molecular weight excluding hydrogens is 612 g/mol. The fraction of sp³-hybridized carbons (Fsp3) is 0.606. The van der Waals surface area contributed by atoms with Gasteiger partial charge < -0.3 is 29.4 Å². The molecule has 1 spiro atoms. The van der Waals surface area contributed by atoms with Gasteiger partial charge in [-0.1, -0.05) is 40.9 Å². The number of nitrogens with zero attached hydrogens (tertiary/aromatic N) is 4. The number of carbonyl (C=O) groups excluding carboxylic acids is 3. The van der Waals surface area contributed by atoms with E-state index in [1.54, 1.807) is 33.9 Å². The lowest BCUT2D eigenvalue weighted by atomic mass is 9.70. The van der Waals surface area contributed by atoms with Crippen LogP contribution < -0.4 is 9.80 Å². The number of alkyl halides is 1. The summed E-state index contributed by atoms with van der Waals surface area (Å²) < 4.78 is 6.69. The maximum Gasteiger partial charge on any atom is 0.253 e. The molecule has 236 valence electrons. The Kier molecular flexibility index (Phi) is 11.1. The van der Waals surface area contributed by atoms with Gasteiger partial charge in [-0.3, -0.25) is 14.4 Å². The molecule has 6 atom stereocenters. The van der Waals surface area contributed by atoms with Crippen LogP contribution in [0.2, 0.25) is 0 Å². The molecule has 9 nitrogen and oxygen atoms in total. The van der Waals surface area contributed by atoms with Gasteiger partial charge in [0.1, 0.15) is 11.6 Å². The second-order valence-electron chi connectivity index (χ2n) is 11.8. The molecule has 3 amide bonds. The van der Waals surface area contributed by atoms with Gasteiger partial charge >= 0.3 is 0 Å². The Balaban J connectivity index is 1.72. The molecule has 0 aliphatic carbocycles. The number of halogens is 1. The summed E-state index contributed by atoms with van der Waals surface area (Å²) in [5, 5.41) is 9.21. The number of likely N-dealkylation sites (tertiary alicyclic amines) is 1. The summed E-state index contributed by atoms with van der Waals surface area (Å²) in [5.74, 6) is -2.02. The predicted molar refractivity (Wildman–Crippen MR) is 173 cm³/mol. The Labute approximate surface area is 264 Å².